The highest BCUT2D eigenvalue weighted by atomic mass is 35.5. The van der Waals surface area contributed by atoms with Crippen molar-refractivity contribution in [2.45, 2.75) is 13.0 Å². The second-order valence-corrected chi connectivity index (χ2v) is 8.59. The van der Waals surface area contributed by atoms with Crippen LogP contribution < -0.4 is 11.3 Å². The van der Waals surface area contributed by atoms with Gasteiger partial charge in [0.25, 0.3) is 5.56 Å². The van der Waals surface area contributed by atoms with Crippen molar-refractivity contribution in [2.75, 3.05) is 0 Å². The number of nitrogens with zero attached hydrogens (tertiary/aromatic N) is 4. The lowest BCUT2D eigenvalue weighted by Crippen LogP contribution is -2.17. The molecule has 2 N–H and O–H groups in total. The molecule has 2 aromatic carbocycles. The molecule has 0 spiro atoms. The van der Waals surface area contributed by atoms with Gasteiger partial charge in [-0.3, -0.25) is 9.78 Å². The van der Waals surface area contributed by atoms with Crippen LogP contribution in [0.2, 0.25) is 5.02 Å². The van der Waals surface area contributed by atoms with Gasteiger partial charge in [-0.25, -0.2) is 4.98 Å². The zero-order chi connectivity index (χ0) is 24.2. The van der Waals surface area contributed by atoms with Crippen molar-refractivity contribution in [3.63, 3.8) is 0 Å². The van der Waals surface area contributed by atoms with E-state index in [4.69, 9.17) is 17.3 Å². The van der Waals surface area contributed by atoms with E-state index in [0.717, 1.165) is 39.0 Å². The highest BCUT2D eigenvalue weighted by Gasteiger charge is 2.14. The number of nitrogens with two attached hydrogens (primary N) is 1. The van der Waals surface area contributed by atoms with Crippen molar-refractivity contribution in [3.8, 4) is 11.3 Å². The topological polar surface area (TPSA) is 78.7 Å². The fourth-order valence-corrected chi connectivity index (χ4v) is 3.89. The van der Waals surface area contributed by atoms with Crippen molar-refractivity contribution in [1.82, 2.24) is 19.1 Å². The number of hydrogen-bond acceptors (Lipinski definition) is 4. The monoisotopic (exact) mass is 471 g/mol. The van der Waals surface area contributed by atoms with Gasteiger partial charge in [0, 0.05) is 54.2 Å². The molecular weight excluding hydrogens is 446 g/mol. The Morgan fingerprint density at radius 3 is 2.32 bits per heavy atom. The van der Waals surface area contributed by atoms with Gasteiger partial charge in [0.2, 0.25) is 0 Å². The summed E-state index contributed by atoms with van der Waals surface area (Å²) in [6.07, 6.45) is 5.39. The maximum absolute atomic E-state index is 12.5. The number of imidazole rings is 1. The summed E-state index contributed by atoms with van der Waals surface area (Å²) in [5, 5.41) is 1.62. The predicted molar refractivity (Wildman–Crippen MR) is 138 cm³/mol. The van der Waals surface area contributed by atoms with E-state index < -0.39 is 0 Å². The van der Waals surface area contributed by atoms with Crippen LogP contribution in [0.5, 0.6) is 0 Å². The molecule has 5 rings (SSSR count). The van der Waals surface area contributed by atoms with Gasteiger partial charge in [-0.2, -0.15) is 0 Å². The summed E-state index contributed by atoms with van der Waals surface area (Å²) in [6.45, 7) is 1.94. The lowest BCUT2D eigenvalue weighted by atomic mass is 9.96. The summed E-state index contributed by atoms with van der Waals surface area (Å²) < 4.78 is 3.53. The van der Waals surface area contributed by atoms with E-state index in [2.05, 4.69) is 9.97 Å². The Labute approximate surface area is 203 Å². The van der Waals surface area contributed by atoms with Crippen molar-refractivity contribution in [1.29, 1.82) is 0 Å². The second-order valence-electron chi connectivity index (χ2n) is 8.15. The van der Waals surface area contributed by atoms with Crippen LogP contribution in [-0.2, 0) is 14.1 Å². The van der Waals surface area contributed by atoms with Gasteiger partial charge in [0.15, 0.2) is 0 Å². The van der Waals surface area contributed by atoms with Gasteiger partial charge >= 0.3 is 0 Å². The molecule has 34 heavy (non-hydrogen) atoms. The first-order chi connectivity index (χ1) is 16.3. The third kappa shape index (κ3) is 5.09. The van der Waals surface area contributed by atoms with Gasteiger partial charge in [0.1, 0.15) is 0 Å². The van der Waals surface area contributed by atoms with Gasteiger partial charge in [-0.1, -0.05) is 35.9 Å². The van der Waals surface area contributed by atoms with E-state index in [1.807, 2.05) is 85.4 Å². The Hall–Kier alpha value is -3.74. The quantitative estimate of drug-likeness (QED) is 0.400. The van der Waals surface area contributed by atoms with Crippen LogP contribution in [0.3, 0.4) is 0 Å². The summed E-state index contributed by atoms with van der Waals surface area (Å²) in [6, 6.07) is 20.7. The molecule has 0 bridgehead atoms. The molecule has 1 unspecified atom stereocenters. The van der Waals surface area contributed by atoms with Crippen LogP contribution in [0.25, 0.3) is 22.2 Å². The smallest absolute Gasteiger partial charge is 0.251 e. The predicted octanol–water partition coefficient (Wildman–Crippen LogP) is 5.03. The minimum absolute atomic E-state index is 0.0689. The van der Waals surface area contributed by atoms with Gasteiger partial charge in [-0.05, 0) is 54.4 Å². The number of fused-ring (bicyclic) bond motifs is 1. The van der Waals surface area contributed by atoms with E-state index >= 15 is 0 Å². The number of pyridine rings is 2. The number of halogens is 1. The molecule has 0 aliphatic carbocycles. The van der Waals surface area contributed by atoms with Crippen LogP contribution in [0.1, 0.15) is 22.9 Å². The molecule has 3 heterocycles. The third-order valence-electron chi connectivity index (χ3n) is 5.66. The van der Waals surface area contributed by atoms with Crippen molar-refractivity contribution < 1.29 is 0 Å². The standard InChI is InChI=1S/C23H20ClN3O.C4H6N2/c1-14-4-3-5-20(26-14)18-13-22(28)27(2)21-11-8-16(12-19(18)21)23(25)15-6-9-17(24)10-7-15;1-6-3-2-5-4-6/h3-13,23H,25H2,1-2H3;2-4H,1H3. The summed E-state index contributed by atoms with van der Waals surface area (Å²) in [5.74, 6) is 0. The third-order valence-corrected chi connectivity index (χ3v) is 5.91. The van der Waals surface area contributed by atoms with Crippen molar-refractivity contribution in [3.05, 3.63) is 118 Å². The van der Waals surface area contributed by atoms with Gasteiger partial charge < -0.3 is 14.9 Å². The van der Waals surface area contributed by atoms with E-state index in [1.54, 1.807) is 30.2 Å². The average Bonchev–Trinajstić information content (AvgIpc) is 3.32. The fourth-order valence-electron chi connectivity index (χ4n) is 3.77. The van der Waals surface area contributed by atoms with Crippen LogP contribution in [-0.4, -0.2) is 19.1 Å². The summed E-state index contributed by atoms with van der Waals surface area (Å²) in [4.78, 5) is 20.9. The molecule has 0 radical (unpaired) electrons. The fraction of sp³-hybridized carbons (Fsp3) is 0.148. The van der Waals surface area contributed by atoms with Crippen LogP contribution >= 0.6 is 11.6 Å². The van der Waals surface area contributed by atoms with Crippen LogP contribution in [0, 0.1) is 6.92 Å². The number of aryl methyl sites for hydroxylation is 3. The highest BCUT2D eigenvalue weighted by molar-refractivity contribution is 6.30. The Bertz CT molecular complexity index is 1470. The van der Waals surface area contributed by atoms with Gasteiger partial charge in [-0.15, -0.1) is 0 Å². The molecule has 5 aromatic rings. The summed E-state index contributed by atoms with van der Waals surface area (Å²) >= 11 is 5.99. The van der Waals surface area contributed by atoms with Gasteiger partial charge in [0.05, 0.1) is 23.6 Å². The van der Waals surface area contributed by atoms with E-state index in [-0.39, 0.29) is 11.6 Å². The lowest BCUT2D eigenvalue weighted by Gasteiger charge is -2.16. The molecule has 6 nitrogen and oxygen atoms in total. The largest absolute Gasteiger partial charge is 0.341 e. The van der Waals surface area contributed by atoms with Crippen LogP contribution in [0.4, 0.5) is 0 Å². The molecule has 3 aromatic heterocycles. The van der Waals surface area contributed by atoms with E-state index in [9.17, 15) is 4.79 Å². The molecular formula is C27H26ClN5O. The summed E-state index contributed by atoms with van der Waals surface area (Å²) in [7, 11) is 3.71. The average molecular weight is 472 g/mol. The normalized spacial score (nSPS) is 11.7. The first kappa shape index (κ1) is 23.4. The Morgan fingerprint density at radius 1 is 0.971 bits per heavy atom. The number of rotatable bonds is 3. The zero-order valence-corrected chi connectivity index (χ0v) is 20.1. The molecule has 0 saturated heterocycles. The molecule has 172 valence electrons. The van der Waals surface area contributed by atoms with E-state index in [0.29, 0.717) is 5.02 Å². The van der Waals surface area contributed by atoms with E-state index in [1.165, 1.54) is 0 Å². The minimum Gasteiger partial charge on any atom is -0.341 e. The summed E-state index contributed by atoms with van der Waals surface area (Å²) in [5.41, 5.74) is 11.7. The zero-order valence-electron chi connectivity index (χ0n) is 19.3. The number of benzene rings is 2. The van der Waals surface area contributed by atoms with Crippen molar-refractivity contribution >= 4 is 22.5 Å². The molecule has 0 aliphatic rings. The maximum Gasteiger partial charge on any atom is 0.251 e. The SMILES string of the molecule is Cc1cccc(-c2cc(=O)n(C)c3ccc(C(N)c4ccc(Cl)cc4)cc23)n1.Cn1ccnc1. The molecule has 0 amide bonds. The Balaban J connectivity index is 0.000000398. The lowest BCUT2D eigenvalue weighted by molar-refractivity contribution is 0.869. The van der Waals surface area contributed by atoms with Crippen molar-refractivity contribution in [2.24, 2.45) is 19.8 Å². The first-order valence-electron chi connectivity index (χ1n) is 10.8. The van der Waals surface area contributed by atoms with Crippen LogP contribution in [0.15, 0.2) is 90.2 Å². The highest BCUT2D eigenvalue weighted by Crippen LogP contribution is 2.30. The number of aromatic nitrogens is 4. The first-order valence-corrected chi connectivity index (χ1v) is 11.2. The molecule has 1 atom stereocenters. The Kier molecular flexibility index (Phi) is 6.91. The molecule has 0 saturated carbocycles. The molecule has 0 fully saturated rings. The molecule has 0 aliphatic heterocycles. The Morgan fingerprint density at radius 2 is 1.71 bits per heavy atom. The molecule has 7 heteroatoms. The maximum atomic E-state index is 12.5. The second kappa shape index (κ2) is 10.0. The number of hydrogen-bond donors (Lipinski definition) is 1. The minimum atomic E-state index is -0.294.